The highest BCUT2D eigenvalue weighted by Crippen LogP contribution is 2.51. The normalized spacial score (nSPS) is 11.9. The predicted octanol–water partition coefficient (Wildman–Crippen LogP) is 18.1. The maximum Gasteiger partial charge on any atom is 0.185 e. The van der Waals surface area contributed by atoms with Crippen LogP contribution in [-0.4, -0.2) is 30.6 Å². The van der Waals surface area contributed by atoms with Crippen molar-refractivity contribution in [3.8, 4) is 41.9 Å². The molecule has 0 aliphatic heterocycles. The second-order valence-electron chi connectivity index (χ2n) is 18.1. The van der Waals surface area contributed by atoms with Crippen molar-refractivity contribution in [3.63, 3.8) is 0 Å². The average Bonchev–Trinajstić information content (AvgIpc) is 4.19. The molecular formula is C56H64N6S4. The van der Waals surface area contributed by atoms with Crippen LogP contribution in [0.15, 0.2) is 72.9 Å². The number of fused-ring (bicyclic) bond motifs is 4. The molecule has 9 aromatic rings. The number of rotatable bonds is 24. The van der Waals surface area contributed by atoms with Crippen LogP contribution >= 0.6 is 45.3 Å². The van der Waals surface area contributed by atoms with Gasteiger partial charge < -0.3 is 0 Å². The fraction of sp³-hybridized carbons (Fsp3) is 0.429. The lowest BCUT2D eigenvalue weighted by molar-refractivity contribution is 0.670. The van der Waals surface area contributed by atoms with Crippen LogP contribution in [0.3, 0.4) is 0 Å². The molecule has 0 saturated carbocycles. The van der Waals surface area contributed by atoms with Gasteiger partial charge in [0.05, 0.1) is 16.6 Å². The van der Waals surface area contributed by atoms with Crippen LogP contribution in [0.2, 0.25) is 0 Å². The predicted molar refractivity (Wildman–Crippen MR) is 288 cm³/mol. The standard InChI is InChI=1S/C56H64N6S4/c1-5-9-13-17-21-40-25-29-45(63-40)50-44-35-37-33-38-34-39-36-57-62-61-56(39)58-53(38)51(46-30-26-41(64-46)22-18-14-10-6-2)49(37)52(47-31-27-42(65-47)23-19-15-11-7-3)54(44)59-60-55(50)48-32-28-43(66-48)24-20-16-12-8-4/h25-36H,5-24H2,1-4H3. The molecule has 6 nitrogen and oxygen atoms in total. The second-order valence-corrected chi connectivity index (χ2v) is 22.8. The van der Waals surface area contributed by atoms with E-state index in [9.17, 15) is 0 Å². The Bertz CT molecular complexity index is 3030. The monoisotopic (exact) mass is 948 g/mol. The van der Waals surface area contributed by atoms with E-state index in [4.69, 9.17) is 15.2 Å². The van der Waals surface area contributed by atoms with E-state index in [1.807, 2.05) is 45.3 Å². The van der Waals surface area contributed by atoms with E-state index in [2.05, 4.69) is 110 Å². The molecule has 0 amide bonds. The number of unbranched alkanes of at least 4 members (excludes halogenated alkanes) is 12. The SMILES string of the molecule is CCCCCCc1ccc(-c2nnc3c(-c4ccc(CCCCCC)s4)c4c(-c5ccc(CCCCCC)s5)c5nc6nnncc6cc5cc4cc3c2-c2ccc(CCCCCC)s2)s1. The minimum atomic E-state index is 0.609. The van der Waals surface area contributed by atoms with Gasteiger partial charge in [0.1, 0.15) is 11.2 Å². The fourth-order valence-corrected chi connectivity index (χ4v) is 13.9. The Kier molecular flexibility index (Phi) is 15.9. The minimum absolute atomic E-state index is 0.609. The molecule has 0 unspecified atom stereocenters. The van der Waals surface area contributed by atoms with Gasteiger partial charge in [0.25, 0.3) is 0 Å². The number of aromatic nitrogens is 6. The summed E-state index contributed by atoms with van der Waals surface area (Å²) in [6.07, 6.45) is 26.2. The number of hydrogen-bond donors (Lipinski definition) is 0. The summed E-state index contributed by atoms with van der Waals surface area (Å²) in [7, 11) is 0. The molecular weight excluding hydrogens is 885 g/mol. The molecule has 0 aliphatic rings. The van der Waals surface area contributed by atoms with Crippen molar-refractivity contribution in [3.05, 3.63) is 92.4 Å². The summed E-state index contributed by atoms with van der Waals surface area (Å²) in [6.45, 7) is 9.15. The van der Waals surface area contributed by atoms with Gasteiger partial charge in [-0.3, -0.25) is 0 Å². The highest BCUT2D eigenvalue weighted by molar-refractivity contribution is 7.17. The molecule has 9 rings (SSSR count). The second kappa shape index (κ2) is 22.5. The molecule has 7 aromatic heterocycles. The Morgan fingerprint density at radius 2 is 0.879 bits per heavy atom. The van der Waals surface area contributed by atoms with Gasteiger partial charge in [-0.1, -0.05) is 105 Å². The molecule has 0 bridgehead atoms. The molecule has 0 saturated heterocycles. The number of nitrogens with zero attached hydrogens (tertiary/aromatic N) is 6. The number of thiophene rings is 4. The van der Waals surface area contributed by atoms with Gasteiger partial charge >= 0.3 is 0 Å². The van der Waals surface area contributed by atoms with E-state index >= 15 is 0 Å². The van der Waals surface area contributed by atoms with Crippen molar-refractivity contribution in [2.45, 2.75) is 156 Å². The van der Waals surface area contributed by atoms with Crippen LogP contribution in [0.1, 0.15) is 150 Å². The number of pyridine rings is 1. The van der Waals surface area contributed by atoms with Crippen molar-refractivity contribution in [1.82, 2.24) is 30.6 Å². The third-order valence-corrected chi connectivity index (χ3v) is 17.7. The maximum atomic E-state index is 5.39. The fourth-order valence-electron chi connectivity index (χ4n) is 9.50. The van der Waals surface area contributed by atoms with Crippen molar-refractivity contribution < 1.29 is 0 Å². The lowest BCUT2D eigenvalue weighted by Crippen LogP contribution is -1.98. The molecule has 66 heavy (non-hydrogen) atoms. The van der Waals surface area contributed by atoms with Gasteiger partial charge in [0, 0.05) is 72.4 Å². The van der Waals surface area contributed by atoms with Gasteiger partial charge in [-0.05, 0) is 129 Å². The molecule has 0 spiro atoms. The Morgan fingerprint density at radius 1 is 0.409 bits per heavy atom. The van der Waals surface area contributed by atoms with E-state index in [-0.39, 0.29) is 0 Å². The lowest BCUT2D eigenvalue weighted by atomic mass is 9.90. The Hall–Kier alpha value is -4.48. The van der Waals surface area contributed by atoms with Crippen LogP contribution in [0.25, 0.3) is 85.5 Å². The summed E-state index contributed by atoms with van der Waals surface area (Å²) in [5, 5.41) is 28.8. The number of benzene rings is 2. The van der Waals surface area contributed by atoms with Crippen LogP contribution < -0.4 is 0 Å². The summed E-state index contributed by atoms with van der Waals surface area (Å²) in [4.78, 5) is 16.0. The third kappa shape index (κ3) is 10.5. The number of aryl methyl sites for hydroxylation is 4. The van der Waals surface area contributed by atoms with Gasteiger partial charge in [-0.25, -0.2) is 4.98 Å². The molecule has 10 heteroatoms. The zero-order valence-electron chi connectivity index (χ0n) is 39.4. The van der Waals surface area contributed by atoms with Crippen molar-refractivity contribution in [2.75, 3.05) is 0 Å². The molecule has 342 valence electrons. The van der Waals surface area contributed by atoms with Crippen LogP contribution in [0, 0.1) is 0 Å². The third-order valence-electron chi connectivity index (χ3n) is 13.1. The van der Waals surface area contributed by atoms with Gasteiger partial charge in [-0.2, -0.15) is 0 Å². The molecule has 0 atom stereocenters. The van der Waals surface area contributed by atoms with Crippen molar-refractivity contribution in [2.24, 2.45) is 0 Å². The first-order valence-electron chi connectivity index (χ1n) is 25.0. The first-order chi connectivity index (χ1) is 32.6. The smallest absolute Gasteiger partial charge is 0.185 e. The average molecular weight is 949 g/mol. The highest BCUT2D eigenvalue weighted by atomic mass is 32.1. The summed E-state index contributed by atoms with van der Waals surface area (Å²) in [5.41, 5.74) is 6.99. The Labute approximate surface area is 407 Å². The van der Waals surface area contributed by atoms with Crippen molar-refractivity contribution >= 4 is 89.0 Å². The van der Waals surface area contributed by atoms with Crippen LogP contribution in [0.4, 0.5) is 0 Å². The zero-order valence-corrected chi connectivity index (χ0v) is 42.7. The van der Waals surface area contributed by atoms with Crippen molar-refractivity contribution in [1.29, 1.82) is 0 Å². The summed E-state index contributed by atoms with van der Waals surface area (Å²) in [5.74, 6) is 0. The molecule has 0 N–H and O–H groups in total. The lowest BCUT2D eigenvalue weighted by Gasteiger charge is -2.18. The van der Waals surface area contributed by atoms with Gasteiger partial charge in [0.2, 0.25) is 0 Å². The number of hydrogen-bond acceptors (Lipinski definition) is 10. The summed E-state index contributed by atoms with van der Waals surface area (Å²) < 4.78 is 0. The summed E-state index contributed by atoms with van der Waals surface area (Å²) in [6, 6.07) is 25.8. The molecule has 2 aromatic carbocycles. The highest BCUT2D eigenvalue weighted by Gasteiger charge is 2.26. The molecule has 7 heterocycles. The quantitative estimate of drug-likeness (QED) is 0.0444. The van der Waals surface area contributed by atoms with Gasteiger partial charge in [0.15, 0.2) is 5.65 Å². The molecule has 0 radical (unpaired) electrons. The van der Waals surface area contributed by atoms with E-state index in [1.54, 1.807) is 6.20 Å². The first-order valence-corrected chi connectivity index (χ1v) is 28.3. The zero-order chi connectivity index (χ0) is 45.2. The van der Waals surface area contributed by atoms with E-state index in [1.165, 1.54) is 158 Å². The first kappa shape index (κ1) is 46.6. The van der Waals surface area contributed by atoms with E-state index < -0.39 is 0 Å². The van der Waals surface area contributed by atoms with Gasteiger partial charge in [-0.15, -0.1) is 65.7 Å². The molecule has 0 fully saturated rings. The Morgan fingerprint density at radius 3 is 1.41 bits per heavy atom. The largest absolute Gasteiger partial charge is 0.226 e. The minimum Gasteiger partial charge on any atom is -0.226 e. The maximum absolute atomic E-state index is 5.39. The Balaban J connectivity index is 1.31. The van der Waals surface area contributed by atoms with E-state index in [0.29, 0.717) is 5.65 Å². The van der Waals surface area contributed by atoms with E-state index in [0.717, 1.165) is 69.7 Å². The molecule has 0 aliphatic carbocycles. The summed E-state index contributed by atoms with van der Waals surface area (Å²) >= 11 is 7.69. The van der Waals surface area contributed by atoms with Crippen LogP contribution in [-0.2, 0) is 25.7 Å². The topological polar surface area (TPSA) is 77.3 Å². The van der Waals surface area contributed by atoms with Crippen LogP contribution in [0.5, 0.6) is 0 Å².